The van der Waals surface area contributed by atoms with Crippen LogP contribution >= 0.6 is 12.2 Å². The van der Waals surface area contributed by atoms with E-state index in [1.807, 2.05) is 51.4 Å². The molecule has 0 saturated carbocycles. The van der Waals surface area contributed by atoms with Crippen molar-refractivity contribution in [2.45, 2.75) is 26.3 Å². The van der Waals surface area contributed by atoms with Crippen LogP contribution in [0.4, 0.5) is 11.5 Å². The molecule has 0 radical (unpaired) electrons. The van der Waals surface area contributed by atoms with Crippen LogP contribution in [0.3, 0.4) is 0 Å². The molecule has 2 rings (SSSR count). The van der Waals surface area contributed by atoms with Gasteiger partial charge in [-0.2, -0.15) is 0 Å². The van der Waals surface area contributed by atoms with Gasteiger partial charge >= 0.3 is 5.69 Å². The minimum atomic E-state index is -0.540. The van der Waals surface area contributed by atoms with Crippen LogP contribution in [0, 0.1) is 0 Å². The minimum absolute atomic E-state index is 0.105. The SMILES string of the molecule is CCCN(C(=S)NCCCN(C)C)c1c(N)n(Cc2ccccc2)c(=O)[nH]c1=O. The number of H-pyrrole nitrogens is 1. The van der Waals surface area contributed by atoms with Crippen molar-refractivity contribution in [1.82, 2.24) is 19.8 Å². The first-order chi connectivity index (χ1) is 13.8. The number of nitrogens with two attached hydrogens (primary N) is 1. The van der Waals surface area contributed by atoms with E-state index >= 15 is 0 Å². The van der Waals surface area contributed by atoms with Crippen LogP contribution in [0.5, 0.6) is 0 Å². The largest absolute Gasteiger partial charge is 0.383 e. The van der Waals surface area contributed by atoms with Gasteiger partial charge in [-0.05, 0) is 51.3 Å². The fourth-order valence-electron chi connectivity index (χ4n) is 2.99. The molecule has 0 bridgehead atoms. The molecule has 0 aliphatic rings. The zero-order valence-electron chi connectivity index (χ0n) is 17.3. The van der Waals surface area contributed by atoms with Gasteiger partial charge in [-0.3, -0.25) is 14.3 Å². The van der Waals surface area contributed by atoms with Gasteiger partial charge in [-0.1, -0.05) is 37.3 Å². The maximum atomic E-state index is 12.6. The van der Waals surface area contributed by atoms with E-state index in [4.69, 9.17) is 18.0 Å². The minimum Gasteiger partial charge on any atom is -0.383 e. The molecule has 8 nitrogen and oxygen atoms in total. The lowest BCUT2D eigenvalue weighted by Gasteiger charge is -2.27. The van der Waals surface area contributed by atoms with Crippen LogP contribution in [0.15, 0.2) is 39.9 Å². The first-order valence-electron chi connectivity index (χ1n) is 9.71. The van der Waals surface area contributed by atoms with Crippen molar-refractivity contribution in [2.24, 2.45) is 0 Å². The van der Waals surface area contributed by atoms with E-state index < -0.39 is 11.2 Å². The second kappa shape index (κ2) is 10.8. The Morgan fingerprint density at radius 3 is 2.52 bits per heavy atom. The highest BCUT2D eigenvalue weighted by atomic mass is 32.1. The number of aromatic nitrogens is 2. The predicted molar refractivity (Wildman–Crippen MR) is 123 cm³/mol. The summed E-state index contributed by atoms with van der Waals surface area (Å²) < 4.78 is 1.36. The van der Waals surface area contributed by atoms with Gasteiger partial charge in [0.25, 0.3) is 5.56 Å². The van der Waals surface area contributed by atoms with Crippen LogP contribution < -0.4 is 27.2 Å². The van der Waals surface area contributed by atoms with Gasteiger partial charge in [-0.25, -0.2) is 4.79 Å². The molecule has 158 valence electrons. The summed E-state index contributed by atoms with van der Waals surface area (Å²) in [5.41, 5.74) is 6.33. The number of anilines is 2. The van der Waals surface area contributed by atoms with Gasteiger partial charge in [0, 0.05) is 13.1 Å². The maximum Gasteiger partial charge on any atom is 0.330 e. The summed E-state index contributed by atoms with van der Waals surface area (Å²) in [4.78, 5) is 31.2. The lowest BCUT2D eigenvalue weighted by atomic mass is 10.2. The normalized spacial score (nSPS) is 10.9. The topological polar surface area (TPSA) is 99.4 Å². The summed E-state index contributed by atoms with van der Waals surface area (Å²) in [5, 5.41) is 3.62. The molecule has 4 N–H and O–H groups in total. The van der Waals surface area contributed by atoms with Gasteiger partial charge in [0.05, 0.1) is 6.54 Å². The quantitative estimate of drug-likeness (QED) is 0.416. The fourth-order valence-corrected chi connectivity index (χ4v) is 3.27. The Balaban J connectivity index is 2.33. The van der Waals surface area contributed by atoms with Crippen molar-refractivity contribution < 1.29 is 0 Å². The Labute approximate surface area is 176 Å². The average Bonchev–Trinajstić information content (AvgIpc) is 2.68. The fraction of sp³-hybridized carbons (Fsp3) is 0.450. The van der Waals surface area contributed by atoms with E-state index in [2.05, 4.69) is 15.2 Å². The summed E-state index contributed by atoms with van der Waals surface area (Å²) in [6.45, 7) is 4.37. The average molecular weight is 419 g/mol. The number of rotatable bonds is 9. The number of nitrogens with zero attached hydrogens (tertiary/aromatic N) is 3. The van der Waals surface area contributed by atoms with Crippen LogP contribution in [-0.4, -0.2) is 53.3 Å². The van der Waals surface area contributed by atoms with E-state index in [9.17, 15) is 9.59 Å². The molecule has 9 heteroatoms. The monoisotopic (exact) mass is 418 g/mol. The number of thiocarbonyl (C=S) groups is 1. The number of hydrogen-bond acceptors (Lipinski definition) is 5. The molecule has 0 saturated heterocycles. The highest BCUT2D eigenvalue weighted by Gasteiger charge is 2.21. The third-order valence-electron chi connectivity index (χ3n) is 4.42. The third-order valence-corrected chi connectivity index (χ3v) is 4.78. The second-order valence-corrected chi connectivity index (χ2v) is 7.49. The predicted octanol–water partition coefficient (Wildman–Crippen LogP) is 1.21. The summed E-state index contributed by atoms with van der Waals surface area (Å²) in [5.74, 6) is 0.105. The van der Waals surface area contributed by atoms with Crippen LogP contribution in [0.1, 0.15) is 25.3 Å². The van der Waals surface area contributed by atoms with E-state index in [0.717, 1.165) is 24.9 Å². The molecular formula is C20H30N6O2S. The maximum absolute atomic E-state index is 12.6. The summed E-state index contributed by atoms with van der Waals surface area (Å²) in [6.07, 6.45) is 1.67. The number of nitrogen functional groups attached to an aromatic ring is 1. The van der Waals surface area contributed by atoms with Crippen LogP contribution in [0.2, 0.25) is 0 Å². The summed E-state index contributed by atoms with van der Waals surface area (Å²) >= 11 is 5.53. The molecule has 1 heterocycles. The Hall–Kier alpha value is -2.65. The molecular weight excluding hydrogens is 388 g/mol. The summed E-state index contributed by atoms with van der Waals surface area (Å²) in [7, 11) is 4.02. The molecule has 0 atom stereocenters. The number of hydrogen-bond donors (Lipinski definition) is 3. The number of nitrogens with one attached hydrogen (secondary N) is 2. The summed E-state index contributed by atoms with van der Waals surface area (Å²) in [6, 6.07) is 9.48. The molecule has 0 aliphatic carbocycles. The Morgan fingerprint density at radius 2 is 1.90 bits per heavy atom. The van der Waals surface area contributed by atoms with E-state index in [0.29, 0.717) is 18.2 Å². The van der Waals surface area contributed by atoms with Crippen molar-refractivity contribution in [3.05, 3.63) is 56.7 Å². The van der Waals surface area contributed by atoms with E-state index in [1.165, 1.54) is 4.57 Å². The van der Waals surface area contributed by atoms with Crippen LogP contribution in [0.25, 0.3) is 0 Å². The lowest BCUT2D eigenvalue weighted by Crippen LogP contribution is -2.46. The van der Waals surface area contributed by atoms with Crippen molar-refractivity contribution in [3.63, 3.8) is 0 Å². The first-order valence-corrected chi connectivity index (χ1v) is 10.1. The van der Waals surface area contributed by atoms with Crippen LogP contribution in [-0.2, 0) is 6.54 Å². The Kier molecular flexibility index (Phi) is 8.41. The standard InChI is InChI=1S/C20H30N6O2S/c1-4-12-25(20(29)22-11-8-13-24(2)3)16-17(21)26(19(28)23-18(16)27)14-15-9-6-5-7-10-15/h5-7,9-10H,4,8,11-14,21H2,1-3H3,(H,22,29)(H,23,27,28). The van der Waals surface area contributed by atoms with Gasteiger partial charge in [0.1, 0.15) is 5.82 Å². The zero-order chi connectivity index (χ0) is 21.4. The Bertz CT molecular complexity index is 923. The van der Waals surface area contributed by atoms with Crippen molar-refractivity contribution >= 4 is 28.8 Å². The molecule has 2 aromatic rings. The number of aromatic amines is 1. The van der Waals surface area contributed by atoms with Gasteiger partial charge in [0.2, 0.25) is 0 Å². The molecule has 0 aliphatic heterocycles. The van der Waals surface area contributed by atoms with Gasteiger partial charge < -0.3 is 20.9 Å². The molecule has 0 amide bonds. The lowest BCUT2D eigenvalue weighted by molar-refractivity contribution is 0.400. The molecule has 1 aromatic heterocycles. The molecule has 0 spiro atoms. The second-order valence-electron chi connectivity index (χ2n) is 7.11. The highest BCUT2D eigenvalue weighted by Crippen LogP contribution is 2.18. The molecule has 0 unspecified atom stereocenters. The molecule has 0 fully saturated rings. The smallest absolute Gasteiger partial charge is 0.330 e. The van der Waals surface area contributed by atoms with Crippen molar-refractivity contribution in [3.8, 4) is 0 Å². The first kappa shape index (κ1) is 22.6. The van der Waals surface area contributed by atoms with E-state index in [-0.39, 0.29) is 18.1 Å². The molecule has 29 heavy (non-hydrogen) atoms. The Morgan fingerprint density at radius 1 is 1.21 bits per heavy atom. The van der Waals surface area contributed by atoms with Crippen molar-refractivity contribution in [2.75, 3.05) is 44.4 Å². The van der Waals surface area contributed by atoms with Gasteiger partial charge in [0.15, 0.2) is 10.8 Å². The molecule has 1 aromatic carbocycles. The number of benzene rings is 1. The zero-order valence-corrected chi connectivity index (χ0v) is 18.1. The highest BCUT2D eigenvalue weighted by molar-refractivity contribution is 7.80. The third kappa shape index (κ3) is 6.16. The van der Waals surface area contributed by atoms with Crippen molar-refractivity contribution in [1.29, 1.82) is 0 Å². The van der Waals surface area contributed by atoms with Gasteiger partial charge in [-0.15, -0.1) is 0 Å². The van der Waals surface area contributed by atoms with E-state index in [1.54, 1.807) is 4.90 Å².